The molecule has 0 N–H and O–H groups in total. The zero-order valence-corrected chi connectivity index (χ0v) is 8.51. The molecule has 0 fully saturated rings. The van der Waals surface area contributed by atoms with Crippen LogP contribution in [0.4, 0.5) is 5.69 Å². The molecule has 1 heterocycles. The van der Waals surface area contributed by atoms with E-state index in [0.29, 0.717) is 0 Å². The van der Waals surface area contributed by atoms with Gasteiger partial charge in [0, 0.05) is 10.8 Å². The fourth-order valence-electron chi connectivity index (χ4n) is 2.41. The van der Waals surface area contributed by atoms with Crippen LogP contribution in [0.25, 0.3) is 23.4 Å². The van der Waals surface area contributed by atoms with Gasteiger partial charge in [0.05, 0.1) is 6.20 Å². The Morgan fingerprint density at radius 2 is 1.75 bits per heavy atom. The molecule has 4 rings (SSSR count). The number of rotatable bonds is 0. The summed E-state index contributed by atoms with van der Waals surface area (Å²) >= 11 is 0. The van der Waals surface area contributed by atoms with Gasteiger partial charge >= 0.3 is 0 Å². The van der Waals surface area contributed by atoms with Crippen LogP contribution in [-0.2, 0) is 0 Å². The summed E-state index contributed by atoms with van der Waals surface area (Å²) in [7, 11) is 0. The molecule has 2 heteroatoms. The van der Waals surface area contributed by atoms with Gasteiger partial charge in [0.1, 0.15) is 5.69 Å². The largest absolute Gasteiger partial charge is 0.158 e. The Hall–Kier alpha value is -2.22. The van der Waals surface area contributed by atoms with Crippen LogP contribution in [0.1, 0.15) is 5.56 Å². The predicted molar refractivity (Wildman–Crippen MR) is 63.7 cm³/mol. The molecule has 1 aliphatic heterocycles. The van der Waals surface area contributed by atoms with E-state index in [1.165, 1.54) is 21.9 Å². The quantitative estimate of drug-likeness (QED) is 0.537. The number of nitrogens with zero attached hydrogens (tertiary/aromatic N) is 2. The zero-order chi connectivity index (χ0) is 10.5. The van der Waals surface area contributed by atoms with E-state index in [1.807, 2.05) is 6.20 Å². The fraction of sp³-hybridized carbons (Fsp3) is 0. The van der Waals surface area contributed by atoms with E-state index >= 15 is 0 Å². The van der Waals surface area contributed by atoms with Gasteiger partial charge in [-0.2, -0.15) is 5.11 Å². The van der Waals surface area contributed by atoms with Gasteiger partial charge in [-0.3, -0.25) is 0 Å². The highest BCUT2D eigenvalue weighted by Gasteiger charge is 2.17. The standard InChI is InChI=1S/C14H8N2/c1-2-4-12-9(3-1)7-10-5-6-11-8-15-16-14(11)13(10)12/h1-8H. The van der Waals surface area contributed by atoms with Crippen molar-refractivity contribution in [2.75, 3.05) is 0 Å². The summed E-state index contributed by atoms with van der Waals surface area (Å²) in [5.41, 5.74) is 4.78. The van der Waals surface area contributed by atoms with Crippen LogP contribution >= 0.6 is 0 Å². The van der Waals surface area contributed by atoms with Crippen LogP contribution in [0.2, 0.25) is 0 Å². The van der Waals surface area contributed by atoms with Gasteiger partial charge in [0.2, 0.25) is 0 Å². The van der Waals surface area contributed by atoms with Gasteiger partial charge in [-0.25, -0.2) is 0 Å². The van der Waals surface area contributed by atoms with Gasteiger partial charge < -0.3 is 0 Å². The molecule has 0 atom stereocenters. The smallest absolute Gasteiger partial charge is 0.103 e. The molecule has 0 bridgehead atoms. The van der Waals surface area contributed by atoms with Crippen molar-refractivity contribution in [2.24, 2.45) is 10.2 Å². The second kappa shape index (κ2) is 2.67. The molecule has 0 aromatic heterocycles. The first kappa shape index (κ1) is 7.99. The minimum Gasteiger partial charge on any atom is -0.158 e. The van der Waals surface area contributed by atoms with Crippen molar-refractivity contribution in [3.63, 3.8) is 0 Å². The Morgan fingerprint density at radius 3 is 2.75 bits per heavy atom. The van der Waals surface area contributed by atoms with Crippen molar-refractivity contribution in [1.29, 1.82) is 0 Å². The average molecular weight is 204 g/mol. The minimum absolute atomic E-state index is 1.01. The molecule has 2 aromatic carbocycles. The number of fused-ring (bicyclic) bond motifs is 5. The van der Waals surface area contributed by atoms with E-state index in [0.717, 1.165) is 10.9 Å². The van der Waals surface area contributed by atoms with Gasteiger partial charge in [-0.1, -0.05) is 36.4 Å². The van der Waals surface area contributed by atoms with E-state index in [-0.39, 0.29) is 0 Å². The predicted octanol–water partition coefficient (Wildman–Crippen LogP) is 2.33. The summed E-state index contributed by atoms with van der Waals surface area (Å²) in [6, 6.07) is 12.6. The molecule has 0 spiro atoms. The van der Waals surface area contributed by atoms with Gasteiger partial charge in [-0.05, 0) is 22.4 Å². The molecule has 16 heavy (non-hydrogen) atoms. The van der Waals surface area contributed by atoms with Gasteiger partial charge in [-0.15, -0.1) is 5.11 Å². The summed E-state index contributed by atoms with van der Waals surface area (Å²) in [5.74, 6) is 0. The SMILES string of the molecule is C1=c2ccc3c(c2N=N1)-c1ccccc1C=3. The Kier molecular flexibility index (Phi) is 1.33. The topological polar surface area (TPSA) is 24.7 Å². The van der Waals surface area contributed by atoms with E-state index in [9.17, 15) is 0 Å². The third kappa shape index (κ3) is 0.865. The van der Waals surface area contributed by atoms with Gasteiger partial charge in [0.25, 0.3) is 0 Å². The monoisotopic (exact) mass is 204 g/mol. The number of benzene rings is 2. The number of azo groups is 1. The lowest BCUT2D eigenvalue weighted by molar-refractivity contribution is 1.32. The molecule has 0 amide bonds. The van der Waals surface area contributed by atoms with E-state index < -0.39 is 0 Å². The van der Waals surface area contributed by atoms with Crippen LogP contribution in [0.5, 0.6) is 0 Å². The van der Waals surface area contributed by atoms with Crippen LogP contribution in [0, 0.1) is 0 Å². The maximum atomic E-state index is 4.22. The first-order chi connectivity index (χ1) is 7.93. The number of hydrogen-bond donors (Lipinski definition) is 0. The highest BCUT2D eigenvalue weighted by molar-refractivity contribution is 5.89. The molecule has 0 saturated carbocycles. The molecule has 0 saturated heterocycles. The Morgan fingerprint density at radius 1 is 0.875 bits per heavy atom. The zero-order valence-electron chi connectivity index (χ0n) is 8.51. The van der Waals surface area contributed by atoms with E-state index in [4.69, 9.17) is 0 Å². The molecule has 0 radical (unpaired) electrons. The maximum absolute atomic E-state index is 4.22. The number of hydrogen-bond acceptors (Lipinski definition) is 2. The molecular weight excluding hydrogens is 196 g/mol. The Balaban J connectivity index is 2.22. The molecule has 2 aliphatic rings. The van der Waals surface area contributed by atoms with Crippen molar-refractivity contribution in [3.8, 4) is 11.1 Å². The summed E-state index contributed by atoms with van der Waals surface area (Å²) in [6.45, 7) is 0. The minimum atomic E-state index is 1.01. The van der Waals surface area contributed by atoms with Crippen LogP contribution in [-0.4, -0.2) is 0 Å². The van der Waals surface area contributed by atoms with Crippen LogP contribution in [0.3, 0.4) is 0 Å². The first-order valence-corrected chi connectivity index (χ1v) is 5.29. The first-order valence-electron chi connectivity index (χ1n) is 5.29. The second-order valence-electron chi connectivity index (χ2n) is 4.04. The molecule has 2 aromatic rings. The van der Waals surface area contributed by atoms with Crippen LogP contribution < -0.4 is 10.4 Å². The third-order valence-corrected chi connectivity index (χ3v) is 3.14. The average Bonchev–Trinajstić information content (AvgIpc) is 2.91. The van der Waals surface area contributed by atoms with Crippen molar-refractivity contribution >= 4 is 18.0 Å². The Bertz CT molecular complexity index is 755. The molecule has 1 aliphatic carbocycles. The second-order valence-corrected chi connectivity index (χ2v) is 4.04. The van der Waals surface area contributed by atoms with Crippen molar-refractivity contribution in [1.82, 2.24) is 0 Å². The summed E-state index contributed by atoms with van der Waals surface area (Å²) < 4.78 is 0. The highest BCUT2D eigenvalue weighted by Crippen LogP contribution is 2.32. The lowest BCUT2D eigenvalue weighted by atomic mass is 10.0. The summed E-state index contributed by atoms with van der Waals surface area (Å²) in [5, 5.41) is 10.6. The lowest BCUT2D eigenvalue weighted by Crippen LogP contribution is -2.08. The van der Waals surface area contributed by atoms with E-state index in [2.05, 4.69) is 52.7 Å². The van der Waals surface area contributed by atoms with E-state index in [1.54, 1.807) is 0 Å². The van der Waals surface area contributed by atoms with Crippen molar-refractivity contribution in [3.05, 3.63) is 52.4 Å². The third-order valence-electron chi connectivity index (χ3n) is 3.14. The van der Waals surface area contributed by atoms with Crippen molar-refractivity contribution in [2.45, 2.75) is 0 Å². The normalized spacial score (nSPS) is 13.8. The maximum Gasteiger partial charge on any atom is 0.103 e. The Labute approximate surface area is 92.3 Å². The summed E-state index contributed by atoms with van der Waals surface area (Å²) in [6.07, 6.45) is 4.02. The lowest BCUT2D eigenvalue weighted by Gasteiger charge is -2.02. The molecule has 0 unspecified atom stereocenters. The van der Waals surface area contributed by atoms with Gasteiger partial charge in [0.15, 0.2) is 0 Å². The summed E-state index contributed by atoms with van der Waals surface area (Å²) in [4.78, 5) is 0. The highest BCUT2D eigenvalue weighted by atomic mass is 15.1. The van der Waals surface area contributed by atoms with Crippen molar-refractivity contribution < 1.29 is 0 Å². The molecular formula is C14H8N2. The van der Waals surface area contributed by atoms with Crippen LogP contribution in [0.15, 0.2) is 46.6 Å². The fourth-order valence-corrected chi connectivity index (χ4v) is 2.41. The molecule has 74 valence electrons. The molecule has 2 nitrogen and oxygen atoms in total.